The van der Waals surface area contributed by atoms with Crippen LogP contribution in [-0.4, -0.2) is 24.4 Å². The van der Waals surface area contributed by atoms with Crippen molar-refractivity contribution in [3.05, 3.63) is 0 Å². The first-order chi connectivity index (χ1) is 6.07. The molecule has 13 heavy (non-hydrogen) atoms. The molecule has 1 heterocycles. The molecular formula is C11H20O2. The van der Waals surface area contributed by atoms with E-state index in [1.165, 1.54) is 19.3 Å². The molecule has 2 aliphatic rings. The molecule has 0 aromatic heterocycles. The van der Waals surface area contributed by atoms with Crippen LogP contribution in [0, 0.1) is 17.3 Å². The average molecular weight is 184 g/mol. The second-order valence-corrected chi connectivity index (χ2v) is 5.54. The Morgan fingerprint density at radius 3 is 2.46 bits per heavy atom. The number of hydrogen-bond acceptors (Lipinski definition) is 2. The van der Waals surface area contributed by atoms with Crippen LogP contribution in [0.4, 0.5) is 0 Å². The van der Waals surface area contributed by atoms with Crippen molar-refractivity contribution < 1.29 is 9.84 Å². The summed E-state index contributed by atoms with van der Waals surface area (Å²) in [6.45, 7) is 5.98. The largest absolute Gasteiger partial charge is 0.390 e. The van der Waals surface area contributed by atoms with E-state index in [9.17, 15) is 5.11 Å². The van der Waals surface area contributed by atoms with Gasteiger partial charge in [-0.3, -0.25) is 0 Å². The first-order valence-electron chi connectivity index (χ1n) is 5.33. The molecule has 1 aliphatic heterocycles. The van der Waals surface area contributed by atoms with E-state index >= 15 is 0 Å². The molecule has 0 aromatic rings. The SMILES string of the molecule is CC1(C)CC(C[C@@H]2COC[C@H]2O)C1. The van der Waals surface area contributed by atoms with Gasteiger partial charge in [-0.05, 0) is 30.6 Å². The number of rotatable bonds is 2. The summed E-state index contributed by atoms with van der Waals surface area (Å²) in [6, 6.07) is 0. The van der Waals surface area contributed by atoms with E-state index < -0.39 is 0 Å². The fraction of sp³-hybridized carbons (Fsp3) is 1.00. The van der Waals surface area contributed by atoms with Gasteiger partial charge in [-0.25, -0.2) is 0 Å². The molecule has 2 rings (SSSR count). The van der Waals surface area contributed by atoms with Crippen molar-refractivity contribution in [1.82, 2.24) is 0 Å². The quantitative estimate of drug-likeness (QED) is 0.709. The van der Waals surface area contributed by atoms with Crippen molar-refractivity contribution >= 4 is 0 Å². The molecule has 1 aliphatic carbocycles. The molecule has 0 bridgehead atoms. The summed E-state index contributed by atoms with van der Waals surface area (Å²) in [6.07, 6.45) is 3.64. The Labute approximate surface area is 80.3 Å². The summed E-state index contributed by atoms with van der Waals surface area (Å²) < 4.78 is 5.24. The van der Waals surface area contributed by atoms with E-state index in [0.29, 0.717) is 17.9 Å². The summed E-state index contributed by atoms with van der Waals surface area (Å²) >= 11 is 0. The van der Waals surface area contributed by atoms with E-state index in [1.54, 1.807) is 0 Å². The Kier molecular flexibility index (Phi) is 2.37. The highest BCUT2D eigenvalue weighted by atomic mass is 16.5. The van der Waals surface area contributed by atoms with Gasteiger partial charge in [0.05, 0.1) is 19.3 Å². The maximum absolute atomic E-state index is 9.56. The average Bonchev–Trinajstić information content (AvgIpc) is 2.33. The van der Waals surface area contributed by atoms with Crippen molar-refractivity contribution in [1.29, 1.82) is 0 Å². The predicted octanol–water partition coefficient (Wildman–Crippen LogP) is 1.82. The van der Waals surface area contributed by atoms with Gasteiger partial charge in [0.1, 0.15) is 0 Å². The minimum absolute atomic E-state index is 0.191. The lowest BCUT2D eigenvalue weighted by Crippen LogP contribution is -2.34. The first kappa shape index (κ1) is 9.47. The summed E-state index contributed by atoms with van der Waals surface area (Å²) in [5.74, 6) is 1.26. The van der Waals surface area contributed by atoms with Crippen molar-refractivity contribution in [3.8, 4) is 0 Å². The first-order valence-corrected chi connectivity index (χ1v) is 5.33. The maximum Gasteiger partial charge on any atom is 0.0823 e. The smallest absolute Gasteiger partial charge is 0.0823 e. The minimum atomic E-state index is -0.191. The Balaban J connectivity index is 1.74. The lowest BCUT2D eigenvalue weighted by atomic mass is 9.62. The molecule has 0 aromatic carbocycles. The summed E-state index contributed by atoms with van der Waals surface area (Å²) in [4.78, 5) is 0. The normalized spacial score (nSPS) is 39.0. The summed E-state index contributed by atoms with van der Waals surface area (Å²) in [7, 11) is 0. The van der Waals surface area contributed by atoms with Crippen LogP contribution in [0.25, 0.3) is 0 Å². The van der Waals surface area contributed by atoms with E-state index in [2.05, 4.69) is 13.8 Å². The predicted molar refractivity (Wildman–Crippen MR) is 51.4 cm³/mol. The van der Waals surface area contributed by atoms with Gasteiger partial charge < -0.3 is 9.84 Å². The van der Waals surface area contributed by atoms with E-state index in [-0.39, 0.29) is 6.10 Å². The zero-order chi connectivity index (χ0) is 9.47. The van der Waals surface area contributed by atoms with Crippen molar-refractivity contribution in [2.75, 3.05) is 13.2 Å². The van der Waals surface area contributed by atoms with Gasteiger partial charge >= 0.3 is 0 Å². The van der Waals surface area contributed by atoms with Crippen LogP contribution in [0.1, 0.15) is 33.1 Å². The minimum Gasteiger partial charge on any atom is -0.390 e. The molecule has 1 saturated heterocycles. The van der Waals surface area contributed by atoms with Crippen molar-refractivity contribution in [2.24, 2.45) is 17.3 Å². The molecule has 0 spiro atoms. The van der Waals surface area contributed by atoms with Crippen LogP contribution in [0.3, 0.4) is 0 Å². The lowest BCUT2D eigenvalue weighted by Gasteiger charge is -2.43. The van der Waals surface area contributed by atoms with Gasteiger partial charge in [-0.15, -0.1) is 0 Å². The van der Waals surface area contributed by atoms with Gasteiger partial charge in [-0.2, -0.15) is 0 Å². The molecule has 2 atom stereocenters. The third kappa shape index (κ3) is 2.05. The van der Waals surface area contributed by atoms with Crippen molar-refractivity contribution in [2.45, 2.75) is 39.2 Å². The van der Waals surface area contributed by atoms with Gasteiger partial charge in [0, 0.05) is 5.92 Å². The Hall–Kier alpha value is -0.0800. The van der Waals surface area contributed by atoms with Crippen LogP contribution in [-0.2, 0) is 4.74 Å². The molecule has 76 valence electrons. The molecule has 1 N–H and O–H groups in total. The second-order valence-electron chi connectivity index (χ2n) is 5.54. The topological polar surface area (TPSA) is 29.5 Å². The second kappa shape index (κ2) is 3.25. The van der Waals surface area contributed by atoms with E-state index in [4.69, 9.17) is 4.74 Å². The maximum atomic E-state index is 9.56. The Morgan fingerprint density at radius 2 is 2.00 bits per heavy atom. The highest BCUT2D eigenvalue weighted by molar-refractivity contribution is 4.89. The highest BCUT2D eigenvalue weighted by Gasteiger charge is 2.39. The van der Waals surface area contributed by atoms with Crippen LogP contribution in [0.2, 0.25) is 0 Å². The van der Waals surface area contributed by atoms with Gasteiger partial charge in [-0.1, -0.05) is 13.8 Å². The Morgan fingerprint density at radius 1 is 1.31 bits per heavy atom. The highest BCUT2D eigenvalue weighted by Crippen LogP contribution is 2.48. The fourth-order valence-electron chi connectivity index (χ4n) is 2.91. The number of aliphatic hydroxyl groups is 1. The van der Waals surface area contributed by atoms with Crippen LogP contribution in [0.5, 0.6) is 0 Å². The van der Waals surface area contributed by atoms with Gasteiger partial charge in [0.2, 0.25) is 0 Å². The van der Waals surface area contributed by atoms with Gasteiger partial charge in [0.15, 0.2) is 0 Å². The molecule has 2 nitrogen and oxygen atoms in total. The number of aliphatic hydroxyl groups excluding tert-OH is 1. The molecule has 2 fully saturated rings. The molecular weight excluding hydrogens is 164 g/mol. The van der Waals surface area contributed by atoms with Crippen LogP contribution in [0.15, 0.2) is 0 Å². The van der Waals surface area contributed by atoms with Crippen LogP contribution < -0.4 is 0 Å². The molecule has 0 radical (unpaired) electrons. The monoisotopic (exact) mass is 184 g/mol. The molecule has 2 heteroatoms. The zero-order valence-corrected chi connectivity index (χ0v) is 8.62. The van der Waals surface area contributed by atoms with E-state index in [1.807, 2.05) is 0 Å². The third-order valence-electron chi connectivity index (χ3n) is 3.48. The van der Waals surface area contributed by atoms with E-state index in [0.717, 1.165) is 12.5 Å². The summed E-state index contributed by atoms with van der Waals surface area (Å²) in [5.41, 5.74) is 0.565. The van der Waals surface area contributed by atoms with Gasteiger partial charge in [0.25, 0.3) is 0 Å². The summed E-state index contributed by atoms with van der Waals surface area (Å²) in [5, 5.41) is 9.56. The Bertz CT molecular complexity index is 181. The van der Waals surface area contributed by atoms with Crippen molar-refractivity contribution in [3.63, 3.8) is 0 Å². The number of hydrogen-bond donors (Lipinski definition) is 1. The standard InChI is InChI=1S/C11H20O2/c1-11(2)4-8(5-11)3-9-6-13-7-10(9)12/h8-10,12H,3-7H2,1-2H3/t9-,10-/m1/s1. The zero-order valence-electron chi connectivity index (χ0n) is 8.62. The molecule has 1 saturated carbocycles. The van der Waals surface area contributed by atoms with Crippen LogP contribution >= 0.6 is 0 Å². The molecule has 0 amide bonds. The number of ether oxygens (including phenoxy) is 1. The lowest BCUT2D eigenvalue weighted by molar-refractivity contribution is 0.0529. The third-order valence-corrected chi connectivity index (χ3v) is 3.48. The molecule has 0 unspecified atom stereocenters. The fourth-order valence-corrected chi connectivity index (χ4v) is 2.91.